The van der Waals surface area contributed by atoms with Gasteiger partial charge in [-0.1, -0.05) is 6.07 Å². The lowest BCUT2D eigenvalue weighted by Crippen LogP contribution is -2.42. The molecule has 0 spiro atoms. The monoisotopic (exact) mass is 446 g/mol. The summed E-state index contributed by atoms with van der Waals surface area (Å²) in [6.07, 6.45) is 1.57. The number of nitrogens with one attached hydrogen (secondary N) is 2. The summed E-state index contributed by atoms with van der Waals surface area (Å²) in [4.78, 5) is 19.4. The Kier molecular flexibility index (Phi) is 6.98. The molecular formula is C22H30N4O4S. The van der Waals surface area contributed by atoms with Gasteiger partial charge >= 0.3 is 0 Å². The maximum absolute atomic E-state index is 13.0. The van der Waals surface area contributed by atoms with E-state index in [1.807, 2.05) is 26.0 Å². The standard InChI is InChI=1S/C22H30N4O4S/c1-14-12-15(2)17(4)21(16(14)3)31(28,29)25-18(5)22(27)24-19-6-7-20(23-13-19)26-8-10-30-11-9-26/h6-7,12-13,18,25H,8-11H2,1-5H3,(H,24,27)/t18-/m0/s1. The number of pyridine rings is 1. The summed E-state index contributed by atoms with van der Waals surface area (Å²) >= 11 is 0. The second-order valence-corrected chi connectivity index (χ2v) is 9.58. The second kappa shape index (κ2) is 9.33. The largest absolute Gasteiger partial charge is 0.378 e. The number of hydrogen-bond donors (Lipinski definition) is 2. The molecule has 1 amide bonds. The highest BCUT2D eigenvalue weighted by atomic mass is 32.2. The number of benzene rings is 1. The number of anilines is 2. The molecule has 1 fully saturated rings. The van der Waals surface area contributed by atoms with Crippen molar-refractivity contribution in [2.24, 2.45) is 0 Å². The molecule has 1 aromatic heterocycles. The van der Waals surface area contributed by atoms with E-state index in [0.717, 1.165) is 30.0 Å². The van der Waals surface area contributed by atoms with Crippen molar-refractivity contribution in [3.05, 3.63) is 46.6 Å². The normalized spacial score (nSPS) is 15.6. The molecule has 2 aromatic rings. The van der Waals surface area contributed by atoms with Gasteiger partial charge in [-0.25, -0.2) is 13.4 Å². The van der Waals surface area contributed by atoms with Crippen molar-refractivity contribution in [2.45, 2.75) is 45.6 Å². The number of aryl methyl sites for hydroxylation is 2. The van der Waals surface area contributed by atoms with Crippen LogP contribution in [0.4, 0.5) is 11.5 Å². The van der Waals surface area contributed by atoms with Crippen LogP contribution in [0.15, 0.2) is 29.3 Å². The average molecular weight is 447 g/mol. The maximum Gasteiger partial charge on any atom is 0.242 e. The van der Waals surface area contributed by atoms with Crippen LogP contribution in [-0.4, -0.2) is 51.7 Å². The Balaban J connectivity index is 1.69. The average Bonchev–Trinajstić information content (AvgIpc) is 2.73. The van der Waals surface area contributed by atoms with Crippen LogP contribution in [0.2, 0.25) is 0 Å². The van der Waals surface area contributed by atoms with E-state index in [1.165, 1.54) is 6.92 Å². The molecule has 168 valence electrons. The SMILES string of the molecule is Cc1cc(C)c(C)c(S(=O)(=O)N[C@@H](C)C(=O)Nc2ccc(N3CCOCC3)nc2)c1C. The van der Waals surface area contributed by atoms with Gasteiger partial charge in [0.15, 0.2) is 0 Å². The first-order valence-electron chi connectivity index (χ1n) is 10.3. The quantitative estimate of drug-likeness (QED) is 0.707. The zero-order chi connectivity index (χ0) is 22.8. The lowest BCUT2D eigenvalue weighted by atomic mass is 10.0. The topological polar surface area (TPSA) is 101 Å². The molecule has 1 aliphatic heterocycles. The molecule has 2 heterocycles. The van der Waals surface area contributed by atoms with Gasteiger partial charge in [-0.15, -0.1) is 0 Å². The Morgan fingerprint density at radius 3 is 2.26 bits per heavy atom. The van der Waals surface area contributed by atoms with Crippen LogP contribution in [-0.2, 0) is 19.6 Å². The zero-order valence-electron chi connectivity index (χ0n) is 18.7. The van der Waals surface area contributed by atoms with E-state index in [2.05, 4.69) is 19.9 Å². The van der Waals surface area contributed by atoms with E-state index in [9.17, 15) is 13.2 Å². The van der Waals surface area contributed by atoms with Gasteiger partial charge in [-0.3, -0.25) is 4.79 Å². The lowest BCUT2D eigenvalue weighted by molar-refractivity contribution is -0.117. The van der Waals surface area contributed by atoms with Gasteiger partial charge in [-0.2, -0.15) is 4.72 Å². The first kappa shape index (κ1) is 23.2. The number of sulfonamides is 1. The van der Waals surface area contributed by atoms with E-state index in [-0.39, 0.29) is 4.90 Å². The molecule has 0 bridgehead atoms. The Morgan fingerprint density at radius 2 is 1.71 bits per heavy atom. The number of ether oxygens (including phenoxy) is 1. The van der Waals surface area contributed by atoms with Crippen LogP contribution in [0.3, 0.4) is 0 Å². The number of hydrogen-bond acceptors (Lipinski definition) is 6. The van der Waals surface area contributed by atoms with Crippen molar-refractivity contribution in [3.63, 3.8) is 0 Å². The lowest BCUT2D eigenvalue weighted by Gasteiger charge is -2.27. The molecule has 9 heteroatoms. The van der Waals surface area contributed by atoms with E-state index >= 15 is 0 Å². The molecule has 2 N–H and O–H groups in total. The fourth-order valence-corrected chi connectivity index (χ4v) is 5.44. The van der Waals surface area contributed by atoms with Crippen LogP contribution >= 0.6 is 0 Å². The summed E-state index contributed by atoms with van der Waals surface area (Å²) in [5, 5.41) is 2.73. The van der Waals surface area contributed by atoms with Crippen molar-refractivity contribution >= 4 is 27.4 Å². The molecule has 1 atom stereocenters. The first-order valence-corrected chi connectivity index (χ1v) is 11.8. The fraction of sp³-hybridized carbons (Fsp3) is 0.455. The van der Waals surface area contributed by atoms with Gasteiger partial charge in [0.05, 0.1) is 36.0 Å². The summed E-state index contributed by atoms with van der Waals surface area (Å²) in [5.41, 5.74) is 3.67. The molecule has 31 heavy (non-hydrogen) atoms. The number of carbonyl (C=O) groups is 1. The third-order valence-corrected chi connectivity index (χ3v) is 7.46. The highest BCUT2D eigenvalue weighted by Gasteiger charge is 2.26. The van der Waals surface area contributed by atoms with Gasteiger partial charge in [0.25, 0.3) is 0 Å². The molecule has 8 nitrogen and oxygen atoms in total. The predicted molar refractivity (Wildman–Crippen MR) is 121 cm³/mol. The highest BCUT2D eigenvalue weighted by molar-refractivity contribution is 7.89. The summed E-state index contributed by atoms with van der Waals surface area (Å²) in [5.74, 6) is 0.361. The van der Waals surface area contributed by atoms with Crippen LogP contribution in [0, 0.1) is 27.7 Å². The van der Waals surface area contributed by atoms with E-state index in [0.29, 0.717) is 30.0 Å². The maximum atomic E-state index is 13.0. The predicted octanol–water partition coefficient (Wildman–Crippen LogP) is 2.46. The van der Waals surface area contributed by atoms with Gasteiger partial charge in [0.2, 0.25) is 15.9 Å². The second-order valence-electron chi connectivity index (χ2n) is 7.93. The summed E-state index contributed by atoms with van der Waals surface area (Å²) in [6.45, 7) is 11.7. The molecule has 0 unspecified atom stereocenters. The summed E-state index contributed by atoms with van der Waals surface area (Å²) in [7, 11) is -3.87. The Hall–Kier alpha value is -2.49. The number of rotatable bonds is 6. The minimum Gasteiger partial charge on any atom is -0.378 e. The molecule has 0 radical (unpaired) electrons. The van der Waals surface area contributed by atoms with E-state index in [1.54, 1.807) is 26.1 Å². The smallest absolute Gasteiger partial charge is 0.242 e. The van der Waals surface area contributed by atoms with E-state index in [4.69, 9.17) is 4.74 Å². The van der Waals surface area contributed by atoms with Gasteiger partial charge in [0.1, 0.15) is 5.82 Å². The van der Waals surface area contributed by atoms with Gasteiger partial charge in [-0.05, 0) is 69.0 Å². The molecular weight excluding hydrogens is 416 g/mol. The zero-order valence-corrected chi connectivity index (χ0v) is 19.5. The van der Waals surface area contributed by atoms with Gasteiger partial charge < -0.3 is 15.0 Å². The van der Waals surface area contributed by atoms with Crippen LogP contribution in [0.5, 0.6) is 0 Å². The fourth-order valence-electron chi connectivity index (χ4n) is 3.62. The number of aromatic nitrogens is 1. The van der Waals surface area contributed by atoms with Gasteiger partial charge in [0, 0.05) is 13.1 Å². The molecule has 1 saturated heterocycles. The number of morpholine rings is 1. The highest BCUT2D eigenvalue weighted by Crippen LogP contribution is 2.26. The summed E-state index contributed by atoms with van der Waals surface area (Å²) < 4.78 is 33.9. The van der Waals surface area contributed by atoms with Crippen molar-refractivity contribution in [1.29, 1.82) is 0 Å². The third-order valence-electron chi connectivity index (χ3n) is 5.64. The first-order chi connectivity index (χ1) is 14.6. The van der Waals surface area contributed by atoms with Crippen molar-refractivity contribution < 1.29 is 17.9 Å². The van der Waals surface area contributed by atoms with E-state index < -0.39 is 22.0 Å². The summed E-state index contributed by atoms with van der Waals surface area (Å²) in [6, 6.07) is 4.60. The molecule has 0 aliphatic carbocycles. The number of nitrogens with zero attached hydrogens (tertiary/aromatic N) is 2. The molecule has 1 aliphatic rings. The van der Waals surface area contributed by atoms with Crippen molar-refractivity contribution in [2.75, 3.05) is 36.5 Å². The molecule has 0 saturated carbocycles. The van der Waals surface area contributed by atoms with Crippen LogP contribution in [0.25, 0.3) is 0 Å². The number of amides is 1. The third kappa shape index (κ3) is 5.23. The van der Waals surface area contributed by atoms with Crippen molar-refractivity contribution in [1.82, 2.24) is 9.71 Å². The Bertz CT molecular complexity index is 1040. The minimum absolute atomic E-state index is 0.237. The molecule has 1 aromatic carbocycles. The minimum atomic E-state index is -3.87. The van der Waals surface area contributed by atoms with Crippen LogP contribution < -0.4 is 14.9 Å². The van der Waals surface area contributed by atoms with Crippen molar-refractivity contribution in [3.8, 4) is 0 Å². The Morgan fingerprint density at radius 1 is 1.10 bits per heavy atom. The van der Waals surface area contributed by atoms with Crippen LogP contribution in [0.1, 0.15) is 29.2 Å². The Labute approximate surface area is 184 Å². The number of carbonyl (C=O) groups excluding carboxylic acids is 1. The molecule has 3 rings (SSSR count).